The molecule has 7 heteroatoms. The van der Waals surface area contributed by atoms with Crippen molar-refractivity contribution in [1.82, 2.24) is 14.9 Å². The van der Waals surface area contributed by atoms with E-state index in [-0.39, 0.29) is 23.4 Å². The number of likely N-dealkylation sites (N-methyl/N-ethyl adjacent to an activating group) is 1. The molecule has 2 heterocycles. The summed E-state index contributed by atoms with van der Waals surface area (Å²) in [6.45, 7) is 3.60. The third kappa shape index (κ3) is 2.15. The van der Waals surface area contributed by atoms with E-state index in [1.165, 1.54) is 7.05 Å². The van der Waals surface area contributed by atoms with E-state index in [0.29, 0.717) is 5.82 Å². The summed E-state index contributed by atoms with van der Waals surface area (Å²) < 4.78 is 0. The molecule has 1 aliphatic rings. The second-order valence-corrected chi connectivity index (χ2v) is 4.58. The second-order valence-electron chi connectivity index (χ2n) is 4.23. The SMILES string of the molecule is Cc1nc(Cl)c(NC2CC(=O)N(C)C2=O)nc1C. The Balaban J connectivity index is 2.23. The zero-order chi connectivity index (χ0) is 13.4. The molecule has 1 aromatic rings. The number of nitrogens with one attached hydrogen (secondary N) is 1. The fourth-order valence-corrected chi connectivity index (χ4v) is 1.92. The highest BCUT2D eigenvalue weighted by molar-refractivity contribution is 6.31. The number of hydrogen-bond donors (Lipinski definition) is 1. The van der Waals surface area contributed by atoms with Crippen LogP contribution in [0.1, 0.15) is 17.8 Å². The van der Waals surface area contributed by atoms with Gasteiger partial charge in [-0.25, -0.2) is 9.97 Å². The van der Waals surface area contributed by atoms with Crippen LogP contribution in [0.3, 0.4) is 0 Å². The molecule has 0 radical (unpaired) electrons. The maximum atomic E-state index is 11.7. The molecule has 6 nitrogen and oxygen atoms in total. The molecule has 0 aromatic carbocycles. The number of carbonyl (C=O) groups excluding carboxylic acids is 2. The largest absolute Gasteiger partial charge is 0.355 e. The summed E-state index contributed by atoms with van der Waals surface area (Å²) in [5.74, 6) is -0.164. The molecule has 1 aromatic heterocycles. The zero-order valence-corrected chi connectivity index (χ0v) is 11.1. The number of carbonyl (C=O) groups is 2. The summed E-state index contributed by atoms with van der Waals surface area (Å²) in [4.78, 5) is 32.6. The van der Waals surface area contributed by atoms with Crippen molar-refractivity contribution in [2.24, 2.45) is 0 Å². The Morgan fingerprint density at radius 2 is 1.89 bits per heavy atom. The van der Waals surface area contributed by atoms with E-state index in [0.717, 1.165) is 16.3 Å². The molecule has 0 spiro atoms. The van der Waals surface area contributed by atoms with Gasteiger partial charge in [0.2, 0.25) is 5.91 Å². The molecule has 96 valence electrons. The van der Waals surface area contributed by atoms with Crippen LogP contribution in [-0.4, -0.2) is 39.8 Å². The molecular weight excluding hydrogens is 256 g/mol. The average molecular weight is 269 g/mol. The Hall–Kier alpha value is -1.69. The molecule has 2 amide bonds. The van der Waals surface area contributed by atoms with E-state index in [4.69, 9.17) is 11.6 Å². The molecule has 0 saturated carbocycles. The predicted octanol–water partition coefficient (Wildman–Crippen LogP) is 0.916. The van der Waals surface area contributed by atoms with E-state index in [1.807, 2.05) is 0 Å². The smallest absolute Gasteiger partial charge is 0.251 e. The fraction of sp³-hybridized carbons (Fsp3) is 0.455. The summed E-state index contributed by atoms with van der Waals surface area (Å²) in [7, 11) is 1.46. The first-order valence-electron chi connectivity index (χ1n) is 5.48. The summed E-state index contributed by atoms with van der Waals surface area (Å²) in [6.07, 6.45) is 0.111. The maximum Gasteiger partial charge on any atom is 0.251 e. The summed E-state index contributed by atoms with van der Waals surface area (Å²) in [5, 5.41) is 3.07. The van der Waals surface area contributed by atoms with Gasteiger partial charge in [0.1, 0.15) is 6.04 Å². The summed E-state index contributed by atoms with van der Waals surface area (Å²) in [6, 6.07) is -0.614. The zero-order valence-electron chi connectivity index (χ0n) is 10.3. The molecule has 1 fully saturated rings. The number of amides is 2. The van der Waals surface area contributed by atoms with Crippen LogP contribution in [0.25, 0.3) is 0 Å². The van der Waals surface area contributed by atoms with Gasteiger partial charge in [0.15, 0.2) is 11.0 Å². The van der Waals surface area contributed by atoms with E-state index >= 15 is 0 Å². The monoisotopic (exact) mass is 268 g/mol. The van der Waals surface area contributed by atoms with Gasteiger partial charge in [-0.3, -0.25) is 14.5 Å². The number of hydrogen-bond acceptors (Lipinski definition) is 5. The van der Waals surface area contributed by atoms with Gasteiger partial charge in [0.05, 0.1) is 17.8 Å². The first-order valence-corrected chi connectivity index (χ1v) is 5.85. The number of aromatic nitrogens is 2. The van der Waals surface area contributed by atoms with Gasteiger partial charge < -0.3 is 5.32 Å². The van der Waals surface area contributed by atoms with Crippen molar-refractivity contribution in [1.29, 1.82) is 0 Å². The van der Waals surface area contributed by atoms with Crippen LogP contribution in [0.2, 0.25) is 5.15 Å². The first kappa shape index (κ1) is 12.8. The van der Waals surface area contributed by atoms with Crippen molar-refractivity contribution in [2.75, 3.05) is 12.4 Å². The summed E-state index contributed by atoms with van der Waals surface area (Å²) >= 11 is 5.95. The number of likely N-dealkylation sites (tertiary alicyclic amines) is 1. The minimum Gasteiger partial charge on any atom is -0.355 e. The number of aryl methyl sites for hydroxylation is 2. The Morgan fingerprint density at radius 3 is 2.44 bits per heavy atom. The lowest BCUT2D eigenvalue weighted by Crippen LogP contribution is -2.32. The van der Waals surface area contributed by atoms with Crippen molar-refractivity contribution in [3.8, 4) is 0 Å². The first-order chi connectivity index (χ1) is 8.40. The highest BCUT2D eigenvalue weighted by Crippen LogP contribution is 2.22. The lowest BCUT2D eigenvalue weighted by atomic mass is 10.2. The second kappa shape index (κ2) is 4.53. The van der Waals surface area contributed by atoms with Crippen molar-refractivity contribution >= 4 is 29.2 Å². The predicted molar refractivity (Wildman–Crippen MR) is 66.3 cm³/mol. The third-order valence-corrected chi connectivity index (χ3v) is 3.22. The van der Waals surface area contributed by atoms with E-state index in [9.17, 15) is 9.59 Å². The Morgan fingerprint density at radius 1 is 1.28 bits per heavy atom. The van der Waals surface area contributed by atoms with Crippen LogP contribution in [-0.2, 0) is 9.59 Å². The van der Waals surface area contributed by atoms with Crippen LogP contribution in [0.15, 0.2) is 0 Å². The molecule has 1 atom stereocenters. The van der Waals surface area contributed by atoms with Crippen molar-refractivity contribution in [3.63, 3.8) is 0 Å². The van der Waals surface area contributed by atoms with Gasteiger partial charge in [-0.2, -0.15) is 0 Å². The molecular formula is C11H13ClN4O2. The van der Waals surface area contributed by atoms with Gasteiger partial charge in [-0.05, 0) is 13.8 Å². The number of anilines is 1. The highest BCUT2D eigenvalue weighted by Gasteiger charge is 2.36. The van der Waals surface area contributed by atoms with Gasteiger partial charge in [-0.15, -0.1) is 0 Å². The molecule has 0 aliphatic carbocycles. The Kier molecular flexibility index (Phi) is 3.21. The molecule has 18 heavy (non-hydrogen) atoms. The van der Waals surface area contributed by atoms with Gasteiger partial charge >= 0.3 is 0 Å². The number of rotatable bonds is 2. The van der Waals surface area contributed by atoms with Gasteiger partial charge in [0.25, 0.3) is 5.91 Å². The van der Waals surface area contributed by atoms with Crippen LogP contribution in [0.4, 0.5) is 5.82 Å². The molecule has 1 aliphatic heterocycles. The molecule has 2 rings (SSSR count). The molecule has 1 unspecified atom stereocenters. The van der Waals surface area contributed by atoms with Crippen LogP contribution >= 0.6 is 11.6 Å². The average Bonchev–Trinajstić information content (AvgIpc) is 2.54. The van der Waals surface area contributed by atoms with E-state index in [2.05, 4.69) is 15.3 Å². The van der Waals surface area contributed by atoms with Crippen molar-refractivity contribution in [2.45, 2.75) is 26.3 Å². The quantitative estimate of drug-likeness (QED) is 0.807. The topological polar surface area (TPSA) is 75.2 Å². The van der Waals surface area contributed by atoms with Crippen LogP contribution in [0, 0.1) is 13.8 Å². The minimum absolute atomic E-state index is 0.111. The number of halogens is 1. The number of imide groups is 1. The third-order valence-electron chi connectivity index (χ3n) is 2.96. The minimum atomic E-state index is -0.614. The van der Waals surface area contributed by atoms with Gasteiger partial charge in [-0.1, -0.05) is 11.6 Å². The summed E-state index contributed by atoms with van der Waals surface area (Å²) in [5.41, 5.74) is 1.46. The fourth-order valence-electron chi connectivity index (χ4n) is 1.70. The van der Waals surface area contributed by atoms with Gasteiger partial charge in [0, 0.05) is 7.05 Å². The molecule has 1 saturated heterocycles. The number of nitrogens with zero attached hydrogens (tertiary/aromatic N) is 3. The normalized spacial score (nSPS) is 19.6. The van der Waals surface area contributed by atoms with E-state index < -0.39 is 6.04 Å². The van der Waals surface area contributed by atoms with Crippen LogP contribution in [0.5, 0.6) is 0 Å². The van der Waals surface area contributed by atoms with Crippen molar-refractivity contribution in [3.05, 3.63) is 16.5 Å². The maximum absolute atomic E-state index is 11.7. The molecule has 0 bridgehead atoms. The standard InChI is InChI=1S/C11H13ClN4O2/c1-5-6(2)14-10(9(12)13-5)15-7-4-8(17)16(3)11(7)18/h7H,4H2,1-3H3,(H,14,15). The lowest BCUT2D eigenvalue weighted by Gasteiger charge is -2.13. The van der Waals surface area contributed by atoms with Crippen LogP contribution < -0.4 is 5.32 Å². The Labute approximate surface area is 109 Å². The van der Waals surface area contributed by atoms with Crippen molar-refractivity contribution < 1.29 is 9.59 Å². The Bertz CT molecular complexity index is 532. The highest BCUT2D eigenvalue weighted by atomic mass is 35.5. The lowest BCUT2D eigenvalue weighted by molar-refractivity contribution is -0.136. The molecule has 1 N–H and O–H groups in total. The van der Waals surface area contributed by atoms with E-state index in [1.54, 1.807) is 13.8 Å².